The van der Waals surface area contributed by atoms with Gasteiger partial charge in [-0.05, 0) is 33.5 Å². The van der Waals surface area contributed by atoms with Crippen LogP contribution in [0.2, 0.25) is 0 Å². The second-order valence-electron chi connectivity index (χ2n) is 4.23. The molecule has 0 fully saturated rings. The molecule has 0 spiro atoms. The molecular formula is C14H16BrN3. The van der Waals surface area contributed by atoms with Crippen molar-refractivity contribution < 1.29 is 0 Å². The highest BCUT2D eigenvalue weighted by Crippen LogP contribution is 2.13. The van der Waals surface area contributed by atoms with Gasteiger partial charge in [0.25, 0.3) is 0 Å². The molecule has 0 saturated carbocycles. The lowest BCUT2D eigenvalue weighted by atomic mass is 10.1. The van der Waals surface area contributed by atoms with Crippen LogP contribution in [0.4, 0.5) is 5.95 Å². The number of aromatic nitrogens is 2. The van der Waals surface area contributed by atoms with E-state index in [2.05, 4.69) is 57.1 Å². The van der Waals surface area contributed by atoms with Crippen molar-refractivity contribution in [3.05, 3.63) is 52.3 Å². The quantitative estimate of drug-likeness (QED) is 0.866. The average molecular weight is 306 g/mol. The van der Waals surface area contributed by atoms with Gasteiger partial charge in [0, 0.05) is 26.0 Å². The zero-order valence-electron chi connectivity index (χ0n) is 10.6. The highest BCUT2D eigenvalue weighted by molar-refractivity contribution is 9.10. The third-order valence-electron chi connectivity index (χ3n) is 2.80. The minimum absolute atomic E-state index is 0.734. The van der Waals surface area contributed by atoms with Gasteiger partial charge < -0.3 is 4.90 Å². The van der Waals surface area contributed by atoms with Gasteiger partial charge in [-0.2, -0.15) is 0 Å². The fraction of sp³-hybridized carbons (Fsp3) is 0.286. The Kier molecular flexibility index (Phi) is 4.31. The summed E-state index contributed by atoms with van der Waals surface area (Å²) >= 11 is 3.33. The molecule has 0 aliphatic rings. The van der Waals surface area contributed by atoms with Crippen LogP contribution in [-0.4, -0.2) is 17.0 Å². The molecule has 0 amide bonds. The van der Waals surface area contributed by atoms with Crippen LogP contribution in [0.3, 0.4) is 0 Å². The summed E-state index contributed by atoms with van der Waals surface area (Å²) in [4.78, 5) is 10.6. The summed E-state index contributed by atoms with van der Waals surface area (Å²) in [5.41, 5.74) is 2.63. The van der Waals surface area contributed by atoms with Crippen molar-refractivity contribution in [2.75, 3.05) is 11.9 Å². The number of hydrogen-bond donors (Lipinski definition) is 0. The molecule has 0 radical (unpaired) electrons. The third kappa shape index (κ3) is 3.29. The first-order valence-electron chi connectivity index (χ1n) is 5.95. The number of halogens is 1. The van der Waals surface area contributed by atoms with Gasteiger partial charge in [0.05, 0.1) is 4.47 Å². The van der Waals surface area contributed by atoms with Crippen molar-refractivity contribution in [3.8, 4) is 0 Å². The Balaban J connectivity index is 2.05. The van der Waals surface area contributed by atoms with E-state index >= 15 is 0 Å². The van der Waals surface area contributed by atoms with Crippen LogP contribution in [-0.2, 0) is 13.0 Å². The fourth-order valence-corrected chi connectivity index (χ4v) is 1.93. The van der Waals surface area contributed by atoms with E-state index in [1.165, 1.54) is 11.1 Å². The summed E-state index contributed by atoms with van der Waals surface area (Å²) in [6, 6.07) is 8.67. The van der Waals surface area contributed by atoms with Crippen molar-refractivity contribution in [3.63, 3.8) is 0 Å². The minimum Gasteiger partial charge on any atom is -0.340 e. The molecule has 2 rings (SSSR count). The molecule has 18 heavy (non-hydrogen) atoms. The predicted molar refractivity (Wildman–Crippen MR) is 77.7 cm³/mol. The highest BCUT2D eigenvalue weighted by atomic mass is 79.9. The van der Waals surface area contributed by atoms with E-state index in [0.29, 0.717) is 0 Å². The van der Waals surface area contributed by atoms with Gasteiger partial charge in [0.1, 0.15) is 0 Å². The molecule has 0 N–H and O–H groups in total. The Hall–Kier alpha value is -1.42. The molecule has 4 heteroatoms. The Morgan fingerprint density at radius 2 is 1.61 bits per heavy atom. The monoisotopic (exact) mass is 305 g/mol. The average Bonchev–Trinajstić information content (AvgIpc) is 2.40. The van der Waals surface area contributed by atoms with E-state index in [1.54, 1.807) is 12.4 Å². The maximum absolute atomic E-state index is 4.28. The van der Waals surface area contributed by atoms with Gasteiger partial charge in [0.15, 0.2) is 0 Å². The van der Waals surface area contributed by atoms with Crippen LogP contribution in [0.25, 0.3) is 0 Å². The maximum atomic E-state index is 4.28. The van der Waals surface area contributed by atoms with Gasteiger partial charge in [-0.3, -0.25) is 0 Å². The lowest BCUT2D eigenvalue weighted by Gasteiger charge is -2.16. The Bertz CT molecular complexity index is 493. The van der Waals surface area contributed by atoms with E-state index in [-0.39, 0.29) is 0 Å². The normalized spacial score (nSPS) is 10.4. The van der Waals surface area contributed by atoms with Crippen molar-refractivity contribution in [2.45, 2.75) is 19.9 Å². The molecular weight excluding hydrogens is 290 g/mol. The van der Waals surface area contributed by atoms with Gasteiger partial charge >= 0.3 is 0 Å². The van der Waals surface area contributed by atoms with Crippen molar-refractivity contribution in [2.24, 2.45) is 0 Å². The molecule has 2 aromatic rings. The number of anilines is 1. The maximum Gasteiger partial charge on any atom is 0.225 e. The van der Waals surface area contributed by atoms with Crippen molar-refractivity contribution in [1.29, 1.82) is 0 Å². The number of aryl methyl sites for hydroxylation is 1. The number of rotatable bonds is 4. The topological polar surface area (TPSA) is 29.0 Å². The van der Waals surface area contributed by atoms with E-state index in [1.807, 2.05) is 11.9 Å². The number of hydrogen-bond acceptors (Lipinski definition) is 3. The van der Waals surface area contributed by atoms with E-state index < -0.39 is 0 Å². The second-order valence-corrected chi connectivity index (χ2v) is 5.14. The lowest BCUT2D eigenvalue weighted by Crippen LogP contribution is -2.18. The van der Waals surface area contributed by atoms with Crippen molar-refractivity contribution >= 4 is 21.9 Å². The molecule has 3 nitrogen and oxygen atoms in total. The molecule has 0 unspecified atom stereocenters. The van der Waals surface area contributed by atoms with Crippen LogP contribution >= 0.6 is 15.9 Å². The second kappa shape index (κ2) is 5.96. The van der Waals surface area contributed by atoms with Crippen LogP contribution in [0.1, 0.15) is 18.1 Å². The summed E-state index contributed by atoms with van der Waals surface area (Å²) < 4.78 is 0.895. The smallest absolute Gasteiger partial charge is 0.225 e. The summed E-state index contributed by atoms with van der Waals surface area (Å²) in [6.07, 6.45) is 4.60. The van der Waals surface area contributed by atoms with Crippen molar-refractivity contribution in [1.82, 2.24) is 9.97 Å². The minimum atomic E-state index is 0.734. The number of nitrogens with zero attached hydrogens (tertiary/aromatic N) is 3. The summed E-state index contributed by atoms with van der Waals surface area (Å²) in [5.74, 6) is 0.734. The van der Waals surface area contributed by atoms with Gasteiger partial charge in [-0.1, -0.05) is 31.2 Å². The van der Waals surface area contributed by atoms with Gasteiger partial charge in [0.2, 0.25) is 5.95 Å². The summed E-state index contributed by atoms with van der Waals surface area (Å²) in [5, 5.41) is 0. The molecule has 0 atom stereocenters. The van der Waals surface area contributed by atoms with Crippen LogP contribution in [0.15, 0.2) is 41.1 Å². The van der Waals surface area contributed by atoms with Crippen LogP contribution in [0, 0.1) is 0 Å². The van der Waals surface area contributed by atoms with E-state index in [4.69, 9.17) is 0 Å². The SMILES string of the molecule is CCc1ccc(CN(C)c2ncc(Br)cn2)cc1. The van der Waals surface area contributed by atoms with E-state index in [9.17, 15) is 0 Å². The lowest BCUT2D eigenvalue weighted by molar-refractivity contribution is 0.864. The standard InChI is InChI=1S/C14H16BrN3/c1-3-11-4-6-12(7-5-11)10-18(2)14-16-8-13(15)9-17-14/h4-9H,3,10H2,1-2H3. The summed E-state index contributed by atoms with van der Waals surface area (Å²) in [6.45, 7) is 2.97. The van der Waals surface area contributed by atoms with Crippen LogP contribution in [0.5, 0.6) is 0 Å². The molecule has 1 aromatic carbocycles. The first-order chi connectivity index (χ1) is 8.69. The Morgan fingerprint density at radius 3 is 2.17 bits per heavy atom. The Labute approximate surface area is 116 Å². The first kappa shape index (κ1) is 13.0. The first-order valence-corrected chi connectivity index (χ1v) is 6.75. The highest BCUT2D eigenvalue weighted by Gasteiger charge is 2.04. The summed E-state index contributed by atoms with van der Waals surface area (Å²) in [7, 11) is 2.00. The van der Waals surface area contributed by atoms with Gasteiger partial charge in [-0.15, -0.1) is 0 Å². The van der Waals surface area contributed by atoms with E-state index in [0.717, 1.165) is 23.4 Å². The largest absolute Gasteiger partial charge is 0.340 e. The number of benzene rings is 1. The molecule has 1 heterocycles. The fourth-order valence-electron chi connectivity index (χ4n) is 1.73. The zero-order chi connectivity index (χ0) is 13.0. The van der Waals surface area contributed by atoms with Crippen LogP contribution < -0.4 is 4.90 Å². The third-order valence-corrected chi connectivity index (χ3v) is 3.21. The van der Waals surface area contributed by atoms with Gasteiger partial charge in [-0.25, -0.2) is 9.97 Å². The molecule has 1 aromatic heterocycles. The zero-order valence-corrected chi connectivity index (χ0v) is 12.2. The molecule has 94 valence electrons. The molecule has 0 bridgehead atoms. The molecule has 0 aliphatic heterocycles. The predicted octanol–water partition coefficient (Wildman–Crippen LogP) is 3.44. The molecule has 0 aliphatic carbocycles. The Morgan fingerprint density at radius 1 is 1.06 bits per heavy atom. The molecule has 0 saturated heterocycles.